The van der Waals surface area contributed by atoms with Crippen LogP contribution >= 0.6 is 11.3 Å². The molecule has 0 saturated heterocycles. The zero-order valence-electron chi connectivity index (χ0n) is 12.5. The van der Waals surface area contributed by atoms with Crippen LogP contribution < -0.4 is 5.32 Å². The molecule has 3 aromatic rings. The summed E-state index contributed by atoms with van der Waals surface area (Å²) in [6.07, 6.45) is 4.13. The number of hydrogen-bond acceptors (Lipinski definition) is 3. The third-order valence-corrected chi connectivity index (χ3v) is 4.31. The number of para-hydroxylation sites is 1. The molecule has 4 heteroatoms. The number of rotatable bonds is 6. The van der Waals surface area contributed by atoms with Crippen LogP contribution in [0.25, 0.3) is 10.9 Å². The number of nitrogens with zero attached hydrogens (tertiary/aromatic N) is 2. The van der Waals surface area contributed by atoms with Crippen molar-refractivity contribution < 1.29 is 0 Å². The maximum absolute atomic E-state index is 4.17. The van der Waals surface area contributed by atoms with E-state index in [1.165, 1.54) is 21.3 Å². The Bertz CT molecular complexity index is 698. The molecule has 110 valence electrons. The smallest absolute Gasteiger partial charge is 0.0794 e. The van der Waals surface area contributed by atoms with Gasteiger partial charge < -0.3 is 9.88 Å². The first kappa shape index (κ1) is 14.3. The Morgan fingerprint density at radius 3 is 2.95 bits per heavy atom. The SMILES string of the molecule is CC(C)CNCc1cccc2ccn(Cc3cncs3)c12. The van der Waals surface area contributed by atoms with Crippen LogP contribution in [-0.2, 0) is 13.1 Å². The first-order chi connectivity index (χ1) is 10.2. The molecule has 3 rings (SSSR count). The average Bonchev–Trinajstić information content (AvgIpc) is 3.10. The van der Waals surface area contributed by atoms with E-state index >= 15 is 0 Å². The van der Waals surface area contributed by atoms with Gasteiger partial charge in [-0.05, 0) is 29.5 Å². The normalized spacial score (nSPS) is 11.6. The topological polar surface area (TPSA) is 29.9 Å². The van der Waals surface area contributed by atoms with E-state index in [0.717, 1.165) is 19.6 Å². The lowest BCUT2D eigenvalue weighted by molar-refractivity contribution is 0.552. The van der Waals surface area contributed by atoms with Crippen molar-refractivity contribution in [3.8, 4) is 0 Å². The lowest BCUT2D eigenvalue weighted by Gasteiger charge is -2.11. The number of fused-ring (bicyclic) bond motifs is 1. The summed E-state index contributed by atoms with van der Waals surface area (Å²) >= 11 is 1.71. The fraction of sp³-hybridized carbons (Fsp3) is 0.353. The van der Waals surface area contributed by atoms with Gasteiger partial charge in [0.1, 0.15) is 0 Å². The highest BCUT2D eigenvalue weighted by atomic mass is 32.1. The predicted molar refractivity (Wildman–Crippen MR) is 89.7 cm³/mol. The molecule has 3 nitrogen and oxygen atoms in total. The average molecular weight is 299 g/mol. The maximum Gasteiger partial charge on any atom is 0.0794 e. The van der Waals surface area contributed by atoms with E-state index in [-0.39, 0.29) is 0 Å². The van der Waals surface area contributed by atoms with E-state index in [1.54, 1.807) is 11.3 Å². The predicted octanol–water partition coefficient (Wildman–Crippen LogP) is 3.89. The van der Waals surface area contributed by atoms with Crippen molar-refractivity contribution in [3.05, 3.63) is 52.6 Å². The monoisotopic (exact) mass is 299 g/mol. The van der Waals surface area contributed by atoms with E-state index in [0.29, 0.717) is 5.92 Å². The molecule has 0 radical (unpaired) electrons. The number of thiazole rings is 1. The minimum atomic E-state index is 0.674. The fourth-order valence-corrected chi connectivity index (χ4v) is 3.19. The molecular formula is C17H21N3S. The molecule has 0 atom stereocenters. The van der Waals surface area contributed by atoms with Gasteiger partial charge in [0.25, 0.3) is 0 Å². The van der Waals surface area contributed by atoms with Gasteiger partial charge in [0.15, 0.2) is 0 Å². The van der Waals surface area contributed by atoms with Crippen LogP contribution in [-0.4, -0.2) is 16.1 Å². The number of nitrogens with one attached hydrogen (secondary N) is 1. The van der Waals surface area contributed by atoms with E-state index < -0.39 is 0 Å². The highest BCUT2D eigenvalue weighted by molar-refractivity contribution is 7.09. The highest BCUT2D eigenvalue weighted by Gasteiger charge is 2.08. The van der Waals surface area contributed by atoms with Crippen molar-refractivity contribution in [1.29, 1.82) is 0 Å². The molecule has 0 unspecified atom stereocenters. The van der Waals surface area contributed by atoms with Crippen molar-refractivity contribution in [1.82, 2.24) is 14.9 Å². The molecule has 0 aliphatic rings. The van der Waals surface area contributed by atoms with Gasteiger partial charge >= 0.3 is 0 Å². The van der Waals surface area contributed by atoms with Crippen molar-refractivity contribution in [3.63, 3.8) is 0 Å². The largest absolute Gasteiger partial charge is 0.342 e. The van der Waals surface area contributed by atoms with Gasteiger partial charge in [0.05, 0.1) is 17.6 Å². The first-order valence-electron chi connectivity index (χ1n) is 7.39. The lowest BCUT2D eigenvalue weighted by atomic mass is 10.1. The maximum atomic E-state index is 4.17. The Morgan fingerprint density at radius 2 is 2.19 bits per heavy atom. The van der Waals surface area contributed by atoms with Crippen molar-refractivity contribution in [2.45, 2.75) is 26.9 Å². The lowest BCUT2D eigenvalue weighted by Crippen LogP contribution is -2.19. The molecular weight excluding hydrogens is 278 g/mol. The van der Waals surface area contributed by atoms with Crippen LogP contribution in [0.5, 0.6) is 0 Å². The molecule has 1 aromatic carbocycles. The summed E-state index contributed by atoms with van der Waals surface area (Å²) in [5.74, 6) is 0.674. The zero-order chi connectivity index (χ0) is 14.7. The van der Waals surface area contributed by atoms with Crippen LogP contribution in [0.2, 0.25) is 0 Å². The van der Waals surface area contributed by atoms with Gasteiger partial charge in [-0.1, -0.05) is 32.0 Å². The fourth-order valence-electron chi connectivity index (χ4n) is 2.60. The minimum absolute atomic E-state index is 0.674. The van der Waals surface area contributed by atoms with Gasteiger partial charge in [-0.25, -0.2) is 0 Å². The molecule has 0 fully saturated rings. The molecule has 0 saturated carbocycles. The Kier molecular flexibility index (Phi) is 4.36. The summed E-state index contributed by atoms with van der Waals surface area (Å²) in [5.41, 5.74) is 4.59. The third-order valence-electron chi connectivity index (χ3n) is 3.55. The van der Waals surface area contributed by atoms with Crippen LogP contribution in [0.15, 0.2) is 42.2 Å². The number of aromatic nitrogens is 2. The Morgan fingerprint density at radius 1 is 1.29 bits per heavy atom. The minimum Gasteiger partial charge on any atom is -0.342 e. The quantitative estimate of drug-likeness (QED) is 0.748. The second-order valence-electron chi connectivity index (χ2n) is 5.79. The van der Waals surface area contributed by atoms with Gasteiger partial charge in [-0.2, -0.15) is 0 Å². The molecule has 21 heavy (non-hydrogen) atoms. The summed E-state index contributed by atoms with van der Waals surface area (Å²) in [6.45, 7) is 7.34. The van der Waals surface area contributed by atoms with E-state index in [1.807, 2.05) is 11.7 Å². The molecule has 0 aliphatic carbocycles. The van der Waals surface area contributed by atoms with E-state index in [9.17, 15) is 0 Å². The van der Waals surface area contributed by atoms with Crippen molar-refractivity contribution in [2.24, 2.45) is 5.92 Å². The Hall–Kier alpha value is -1.65. The van der Waals surface area contributed by atoms with Gasteiger partial charge in [0, 0.05) is 23.8 Å². The Labute approximate surface area is 129 Å². The second kappa shape index (κ2) is 6.41. The van der Waals surface area contributed by atoms with Gasteiger partial charge in [0.2, 0.25) is 0 Å². The summed E-state index contributed by atoms with van der Waals surface area (Å²) in [5, 5.41) is 4.85. The summed E-state index contributed by atoms with van der Waals surface area (Å²) in [7, 11) is 0. The van der Waals surface area contributed by atoms with Crippen LogP contribution in [0.4, 0.5) is 0 Å². The van der Waals surface area contributed by atoms with E-state index in [2.05, 4.69) is 59.2 Å². The molecule has 0 aliphatic heterocycles. The van der Waals surface area contributed by atoms with Gasteiger partial charge in [-0.3, -0.25) is 4.98 Å². The molecule has 0 spiro atoms. The van der Waals surface area contributed by atoms with Crippen LogP contribution in [0.3, 0.4) is 0 Å². The Balaban J connectivity index is 1.87. The molecule has 2 heterocycles. The molecule has 1 N–H and O–H groups in total. The third kappa shape index (κ3) is 3.34. The van der Waals surface area contributed by atoms with Crippen LogP contribution in [0.1, 0.15) is 24.3 Å². The van der Waals surface area contributed by atoms with Crippen molar-refractivity contribution in [2.75, 3.05) is 6.54 Å². The number of benzene rings is 1. The number of hydrogen-bond donors (Lipinski definition) is 1. The first-order valence-corrected chi connectivity index (χ1v) is 8.27. The van der Waals surface area contributed by atoms with Gasteiger partial charge in [-0.15, -0.1) is 11.3 Å². The van der Waals surface area contributed by atoms with Crippen LogP contribution in [0, 0.1) is 5.92 Å². The highest BCUT2D eigenvalue weighted by Crippen LogP contribution is 2.22. The summed E-state index contributed by atoms with van der Waals surface area (Å²) < 4.78 is 2.33. The van der Waals surface area contributed by atoms with Crippen molar-refractivity contribution >= 4 is 22.2 Å². The summed E-state index contributed by atoms with van der Waals surface area (Å²) in [6, 6.07) is 8.75. The molecule has 0 amide bonds. The standard InChI is InChI=1S/C17H21N3S/c1-13(2)8-18-9-15-5-3-4-14-6-7-20(17(14)15)11-16-10-19-12-21-16/h3-7,10,12-13,18H,8-9,11H2,1-2H3. The summed E-state index contributed by atoms with van der Waals surface area (Å²) in [4.78, 5) is 5.46. The zero-order valence-corrected chi connectivity index (χ0v) is 13.4. The van der Waals surface area contributed by atoms with E-state index in [4.69, 9.17) is 0 Å². The second-order valence-corrected chi connectivity index (χ2v) is 6.76. The molecule has 2 aromatic heterocycles. The molecule has 0 bridgehead atoms.